The zero-order valence-electron chi connectivity index (χ0n) is 18.1. The van der Waals surface area contributed by atoms with E-state index in [-0.39, 0.29) is 23.8 Å². The number of likely N-dealkylation sites (tertiary alicyclic amines) is 1. The predicted octanol–water partition coefficient (Wildman–Crippen LogP) is 2.19. The van der Waals surface area contributed by atoms with Crippen LogP contribution < -0.4 is 5.32 Å². The monoisotopic (exact) mass is 472 g/mol. The lowest BCUT2D eigenvalue weighted by Crippen LogP contribution is -2.53. The quantitative estimate of drug-likeness (QED) is 0.687. The highest BCUT2D eigenvalue weighted by molar-refractivity contribution is 5.79. The number of fused-ring (bicyclic) bond motifs is 1. The van der Waals surface area contributed by atoms with Gasteiger partial charge in [0.1, 0.15) is 5.76 Å². The fourth-order valence-corrected chi connectivity index (χ4v) is 4.18. The summed E-state index contributed by atoms with van der Waals surface area (Å²) < 4.78 is 44.8. The molecule has 3 atom stereocenters. The van der Waals surface area contributed by atoms with E-state index >= 15 is 0 Å². The lowest BCUT2D eigenvalue weighted by molar-refractivity contribution is -0.192. The Kier molecular flexibility index (Phi) is 8.14. The van der Waals surface area contributed by atoms with E-state index in [0.717, 1.165) is 38.2 Å². The first-order valence-corrected chi connectivity index (χ1v) is 10.5. The number of carbonyl (C=O) groups is 2. The maximum absolute atomic E-state index is 12.8. The number of nitrogens with zero attached hydrogens (tertiary/aromatic N) is 3. The first-order chi connectivity index (χ1) is 15.6. The highest BCUT2D eigenvalue weighted by Gasteiger charge is 2.41. The first kappa shape index (κ1) is 24.8. The number of ether oxygens (including phenoxy) is 1. The molecule has 0 unspecified atom stereocenters. The highest BCUT2D eigenvalue weighted by Crippen LogP contribution is 2.34. The molecule has 0 radical (unpaired) electrons. The number of hydrogen-bond acceptors (Lipinski definition) is 6. The van der Waals surface area contributed by atoms with E-state index in [1.807, 2.05) is 30.1 Å². The lowest BCUT2D eigenvalue weighted by Gasteiger charge is -2.44. The van der Waals surface area contributed by atoms with E-state index < -0.39 is 12.1 Å². The molecule has 2 aliphatic heterocycles. The van der Waals surface area contributed by atoms with Crippen molar-refractivity contribution in [2.45, 2.75) is 38.2 Å². The zero-order valence-corrected chi connectivity index (χ0v) is 18.1. The van der Waals surface area contributed by atoms with E-state index in [9.17, 15) is 18.0 Å². The summed E-state index contributed by atoms with van der Waals surface area (Å²) in [5.41, 5.74) is 1.21. The van der Waals surface area contributed by atoms with Gasteiger partial charge in [0.15, 0.2) is 0 Å². The first-order valence-electron chi connectivity index (χ1n) is 10.5. The molecule has 2 aromatic heterocycles. The highest BCUT2D eigenvalue weighted by atomic mass is 19.4. The minimum atomic E-state index is -5.08. The van der Waals surface area contributed by atoms with Crippen LogP contribution in [0.2, 0.25) is 0 Å². The topological polar surface area (TPSA) is 110 Å². The summed E-state index contributed by atoms with van der Waals surface area (Å²) in [5.74, 6) is -1.62. The molecule has 0 aliphatic carbocycles. The average molecular weight is 472 g/mol. The van der Waals surface area contributed by atoms with Crippen molar-refractivity contribution in [3.63, 3.8) is 0 Å². The minimum absolute atomic E-state index is 0.000380. The Morgan fingerprint density at radius 3 is 2.70 bits per heavy atom. The normalized spacial score (nSPS) is 23.2. The number of rotatable bonds is 5. The van der Waals surface area contributed by atoms with E-state index in [1.54, 1.807) is 6.26 Å². The molecule has 2 N–H and O–H groups in total. The SMILES string of the molecule is Cn1cc(CN2CC[C@H]3OCC[C@@H](C(=O)NCc4ccco4)[C@H]3C2)cn1.O=C(O)C(F)(F)F. The van der Waals surface area contributed by atoms with Gasteiger partial charge in [0, 0.05) is 56.9 Å². The number of piperidine rings is 1. The minimum Gasteiger partial charge on any atom is -0.475 e. The number of aryl methyl sites for hydroxylation is 1. The third-order valence-electron chi connectivity index (χ3n) is 5.71. The molecular weight excluding hydrogens is 445 g/mol. The summed E-state index contributed by atoms with van der Waals surface area (Å²) in [5, 5.41) is 14.4. The van der Waals surface area contributed by atoms with Crippen LogP contribution in [0.25, 0.3) is 0 Å². The number of amides is 1. The number of carboxylic acids is 1. The molecule has 1 amide bonds. The molecule has 0 spiro atoms. The summed E-state index contributed by atoms with van der Waals surface area (Å²) in [6.07, 6.45) is 2.46. The number of carboxylic acid groups (broad SMARTS) is 1. The predicted molar refractivity (Wildman–Crippen MR) is 109 cm³/mol. The van der Waals surface area contributed by atoms with Crippen LogP contribution in [0.5, 0.6) is 0 Å². The zero-order chi connectivity index (χ0) is 24.0. The fourth-order valence-electron chi connectivity index (χ4n) is 4.18. The largest absolute Gasteiger partial charge is 0.490 e. The van der Waals surface area contributed by atoms with Crippen LogP contribution >= 0.6 is 0 Å². The van der Waals surface area contributed by atoms with Crippen molar-refractivity contribution in [2.75, 3.05) is 19.7 Å². The Hall–Kier alpha value is -2.86. The van der Waals surface area contributed by atoms with Crippen molar-refractivity contribution in [3.8, 4) is 0 Å². The second kappa shape index (κ2) is 10.8. The molecule has 12 heteroatoms. The molecule has 2 aliphatic rings. The van der Waals surface area contributed by atoms with Crippen molar-refractivity contribution in [1.29, 1.82) is 0 Å². The molecule has 0 aromatic carbocycles. The van der Waals surface area contributed by atoms with E-state index in [4.69, 9.17) is 19.1 Å². The molecule has 33 heavy (non-hydrogen) atoms. The summed E-state index contributed by atoms with van der Waals surface area (Å²) in [6, 6.07) is 3.72. The molecule has 0 saturated carbocycles. The summed E-state index contributed by atoms with van der Waals surface area (Å²) in [7, 11) is 1.93. The number of aliphatic carboxylic acids is 1. The van der Waals surface area contributed by atoms with Gasteiger partial charge in [0.05, 0.1) is 25.1 Å². The van der Waals surface area contributed by atoms with Crippen molar-refractivity contribution in [2.24, 2.45) is 18.9 Å². The van der Waals surface area contributed by atoms with Gasteiger partial charge in [0.2, 0.25) is 5.91 Å². The molecule has 182 valence electrons. The summed E-state index contributed by atoms with van der Waals surface area (Å²) in [4.78, 5) is 24.1. The van der Waals surface area contributed by atoms with E-state index in [0.29, 0.717) is 13.2 Å². The number of alkyl halides is 3. The molecule has 2 fully saturated rings. The van der Waals surface area contributed by atoms with E-state index in [2.05, 4.69) is 21.5 Å². The Balaban J connectivity index is 0.000000383. The van der Waals surface area contributed by atoms with Gasteiger partial charge in [-0.25, -0.2) is 4.79 Å². The Morgan fingerprint density at radius 1 is 1.33 bits per heavy atom. The third kappa shape index (κ3) is 7.06. The fraction of sp³-hybridized carbons (Fsp3) is 0.571. The maximum atomic E-state index is 12.8. The lowest BCUT2D eigenvalue weighted by atomic mass is 9.79. The number of nitrogens with one attached hydrogen (secondary N) is 1. The van der Waals surface area contributed by atoms with E-state index in [1.165, 1.54) is 5.56 Å². The van der Waals surface area contributed by atoms with Crippen LogP contribution in [-0.4, -0.2) is 63.6 Å². The van der Waals surface area contributed by atoms with Gasteiger partial charge in [0.25, 0.3) is 0 Å². The van der Waals surface area contributed by atoms with Crippen LogP contribution in [0.1, 0.15) is 24.2 Å². The van der Waals surface area contributed by atoms with Gasteiger partial charge in [-0.1, -0.05) is 0 Å². The molecule has 4 rings (SSSR count). The van der Waals surface area contributed by atoms with Crippen molar-refractivity contribution < 1.29 is 37.0 Å². The Morgan fingerprint density at radius 2 is 2.09 bits per heavy atom. The molecule has 2 aromatic rings. The summed E-state index contributed by atoms with van der Waals surface area (Å²) >= 11 is 0. The number of aromatic nitrogens is 2. The molecule has 9 nitrogen and oxygen atoms in total. The summed E-state index contributed by atoms with van der Waals surface area (Å²) in [6.45, 7) is 3.87. The second-order valence-corrected chi connectivity index (χ2v) is 8.11. The van der Waals surface area contributed by atoms with Gasteiger partial charge in [-0.05, 0) is 25.0 Å². The van der Waals surface area contributed by atoms with Crippen molar-refractivity contribution >= 4 is 11.9 Å². The Labute approximate surface area is 188 Å². The van der Waals surface area contributed by atoms with Crippen LogP contribution in [0.15, 0.2) is 35.2 Å². The number of halogens is 3. The van der Waals surface area contributed by atoms with Gasteiger partial charge < -0.3 is 19.6 Å². The maximum Gasteiger partial charge on any atom is 0.490 e. The smallest absolute Gasteiger partial charge is 0.475 e. The molecule has 2 saturated heterocycles. The standard InChI is InChI=1S/C19H26N4O3.C2HF3O2/c1-22-11-14(9-21-22)12-23-6-4-18-17(13-23)16(5-8-26-18)19(24)20-10-15-3-2-7-25-15;3-2(4,5)1(6)7/h2-3,7,9,11,16-18H,4-6,8,10,12-13H2,1H3,(H,20,24);(H,6,7)/t16-,17-,18-;/m1./s1. The molecular formula is C21H27F3N4O5. The van der Waals surface area contributed by atoms with Gasteiger partial charge >= 0.3 is 12.1 Å². The third-order valence-corrected chi connectivity index (χ3v) is 5.71. The van der Waals surface area contributed by atoms with Crippen LogP contribution in [0, 0.1) is 11.8 Å². The van der Waals surface area contributed by atoms with Crippen LogP contribution in [-0.2, 0) is 34.5 Å². The molecule has 4 heterocycles. The van der Waals surface area contributed by atoms with Crippen molar-refractivity contribution in [3.05, 3.63) is 42.1 Å². The van der Waals surface area contributed by atoms with Crippen molar-refractivity contribution in [1.82, 2.24) is 20.0 Å². The van der Waals surface area contributed by atoms with Crippen LogP contribution in [0.3, 0.4) is 0 Å². The average Bonchev–Trinajstić information content (AvgIpc) is 3.43. The van der Waals surface area contributed by atoms with Crippen LogP contribution in [0.4, 0.5) is 13.2 Å². The Bertz CT molecular complexity index is 915. The van der Waals surface area contributed by atoms with Gasteiger partial charge in [-0.2, -0.15) is 18.3 Å². The van der Waals surface area contributed by atoms with Gasteiger partial charge in [-0.3, -0.25) is 14.4 Å². The van der Waals surface area contributed by atoms with Gasteiger partial charge in [-0.15, -0.1) is 0 Å². The number of furan rings is 1. The number of carbonyl (C=O) groups excluding carboxylic acids is 1. The number of hydrogen-bond donors (Lipinski definition) is 2. The molecule has 0 bridgehead atoms. The second-order valence-electron chi connectivity index (χ2n) is 8.11.